The molecule has 68 heavy (non-hydrogen) atoms. The number of aromatic amines is 2. The van der Waals surface area contributed by atoms with Crippen molar-refractivity contribution in [1.82, 2.24) is 52.1 Å². The second-order valence-electron chi connectivity index (χ2n) is 14.3. The number of H-pyrrole nitrogens is 2. The normalized spacial score (nSPS) is 12.8. The maximum Gasteiger partial charge on any atom is 2.00 e. The Morgan fingerprint density at radius 1 is 0.412 bits per heavy atom. The van der Waals surface area contributed by atoms with Gasteiger partial charge in [0.05, 0.1) is 22.7 Å². The number of aryl methyl sites for hydroxylation is 4. The van der Waals surface area contributed by atoms with E-state index in [-0.39, 0.29) is 62.8 Å². The van der Waals surface area contributed by atoms with Crippen molar-refractivity contribution in [2.24, 2.45) is 40.4 Å². The second-order valence-corrected chi connectivity index (χ2v) is 15.8. The summed E-state index contributed by atoms with van der Waals surface area (Å²) in [5.41, 5.74) is 20.6. The van der Waals surface area contributed by atoms with Crippen LogP contribution in [0.25, 0.3) is 0 Å². The molecule has 356 valence electrons. The first-order valence-corrected chi connectivity index (χ1v) is 21.6. The fourth-order valence-corrected chi connectivity index (χ4v) is 5.87. The number of hydrogen-bond acceptors (Lipinski definition) is 16. The Bertz CT molecular complexity index is 2500. The fraction of sp³-hybridized carbons (Fsp3) is 0.182. The molecule has 0 spiro atoms. The molecule has 2 heterocycles. The monoisotopic (exact) mass is 1340 g/mol. The molecule has 0 fully saturated rings. The maximum absolute atomic E-state index is 5.23. The molecule has 18 nitrogen and oxygen atoms in total. The van der Waals surface area contributed by atoms with Crippen LogP contribution >= 0.6 is 0 Å². The van der Waals surface area contributed by atoms with Gasteiger partial charge in [-0.1, -0.05) is 48.5 Å². The van der Waals surface area contributed by atoms with Gasteiger partial charge < -0.3 is 50.5 Å². The van der Waals surface area contributed by atoms with Crippen LogP contribution in [0.4, 0.5) is 22.7 Å². The number of aliphatic imine (C=N–C) groups is 4. The SMILES string of the molecule is C/C(=N\NC([S-])=Nc1cccc(C)c1)c1n[nH]c(/C(C)=N/NC([S-])=Nc2cccc(C)c2)n1.C/C(=N\NC([S-])=Nc1cccc(C)c1)c1n[nH]c(/C(C)=N/NC([S-])=Nc2cccc(C)c2)n1.[Pt+2].[Pt+2]. The summed E-state index contributed by atoms with van der Waals surface area (Å²) in [7, 11) is 0. The topological polar surface area (TPSA) is 230 Å². The molecule has 0 aliphatic carbocycles. The van der Waals surface area contributed by atoms with E-state index < -0.39 is 0 Å². The first kappa shape index (κ1) is 56.3. The molecule has 0 aliphatic rings. The molecular formula is C44H46N18Pt2S4. The molecule has 0 aliphatic heterocycles. The Labute approximate surface area is 445 Å². The number of amidine groups is 4. The number of nitrogens with one attached hydrogen (secondary N) is 6. The molecule has 0 amide bonds. The maximum atomic E-state index is 5.23. The van der Waals surface area contributed by atoms with Crippen molar-refractivity contribution in [3.05, 3.63) is 143 Å². The third-order valence-corrected chi connectivity index (χ3v) is 9.24. The van der Waals surface area contributed by atoms with Crippen LogP contribution in [0, 0.1) is 27.7 Å². The van der Waals surface area contributed by atoms with Crippen LogP contribution in [0.2, 0.25) is 0 Å². The Morgan fingerprint density at radius 3 is 0.912 bits per heavy atom. The van der Waals surface area contributed by atoms with Gasteiger partial charge in [-0.25, -0.2) is 9.97 Å². The van der Waals surface area contributed by atoms with E-state index in [1.54, 1.807) is 27.7 Å². The van der Waals surface area contributed by atoms with E-state index in [1.165, 1.54) is 0 Å². The summed E-state index contributed by atoms with van der Waals surface area (Å²) in [6.45, 7) is 15.0. The van der Waals surface area contributed by atoms with E-state index in [4.69, 9.17) is 50.5 Å². The van der Waals surface area contributed by atoms with E-state index in [1.807, 2.05) is 125 Å². The Morgan fingerprint density at radius 2 is 0.662 bits per heavy atom. The molecule has 0 atom stereocenters. The molecule has 2 aromatic heterocycles. The summed E-state index contributed by atoms with van der Waals surface area (Å²) in [6.07, 6.45) is 0. The minimum atomic E-state index is 0. The fourth-order valence-electron chi connectivity index (χ4n) is 5.26. The largest absolute Gasteiger partial charge is 2.00 e. The molecule has 6 rings (SSSR count). The van der Waals surface area contributed by atoms with Gasteiger partial charge in [-0.05, 0) is 126 Å². The van der Waals surface area contributed by atoms with Crippen LogP contribution < -0.4 is 21.7 Å². The van der Waals surface area contributed by atoms with E-state index in [9.17, 15) is 0 Å². The minimum Gasteiger partial charge on any atom is -0.741 e. The molecule has 0 unspecified atom stereocenters. The van der Waals surface area contributed by atoms with E-state index >= 15 is 0 Å². The summed E-state index contributed by atoms with van der Waals surface area (Å²) in [5, 5.41) is 31.8. The van der Waals surface area contributed by atoms with Gasteiger partial charge in [-0.2, -0.15) is 30.6 Å². The molecule has 4 aromatic carbocycles. The summed E-state index contributed by atoms with van der Waals surface area (Å²) >= 11 is 20.9. The van der Waals surface area contributed by atoms with Crippen LogP contribution in [0.5, 0.6) is 0 Å². The first-order valence-electron chi connectivity index (χ1n) is 20.0. The molecule has 24 heteroatoms. The van der Waals surface area contributed by atoms with Crippen molar-refractivity contribution in [3.8, 4) is 0 Å². The smallest absolute Gasteiger partial charge is 0.741 e. The number of aromatic nitrogens is 6. The van der Waals surface area contributed by atoms with Gasteiger partial charge in [0, 0.05) is 20.7 Å². The van der Waals surface area contributed by atoms with Crippen molar-refractivity contribution in [1.29, 1.82) is 0 Å². The van der Waals surface area contributed by atoms with Gasteiger partial charge in [-0.15, -0.1) is 0 Å². The van der Waals surface area contributed by atoms with Crippen molar-refractivity contribution in [2.45, 2.75) is 55.4 Å². The molecule has 0 saturated carbocycles. The average molecular weight is 1350 g/mol. The first-order chi connectivity index (χ1) is 31.6. The van der Waals surface area contributed by atoms with Gasteiger partial charge in [0.25, 0.3) is 0 Å². The summed E-state index contributed by atoms with van der Waals surface area (Å²) < 4.78 is 0. The zero-order valence-electron chi connectivity index (χ0n) is 37.9. The Balaban J connectivity index is 0.000000350. The molecule has 0 saturated heterocycles. The minimum absolute atomic E-state index is 0. The van der Waals surface area contributed by atoms with Gasteiger partial charge >= 0.3 is 42.1 Å². The van der Waals surface area contributed by atoms with E-state index in [0.29, 0.717) is 46.1 Å². The Kier molecular flexibility index (Phi) is 23.5. The third-order valence-electron chi connectivity index (χ3n) is 8.51. The van der Waals surface area contributed by atoms with Crippen molar-refractivity contribution in [2.75, 3.05) is 0 Å². The zero-order valence-corrected chi connectivity index (χ0v) is 45.7. The van der Waals surface area contributed by atoms with Crippen molar-refractivity contribution in [3.63, 3.8) is 0 Å². The molecule has 0 radical (unpaired) electrons. The van der Waals surface area contributed by atoms with Crippen molar-refractivity contribution >= 4 is 117 Å². The van der Waals surface area contributed by atoms with E-state index in [2.05, 4.69) is 92.4 Å². The van der Waals surface area contributed by atoms with Crippen LogP contribution in [-0.2, 0) is 92.6 Å². The van der Waals surface area contributed by atoms with Gasteiger partial charge in [0.1, 0.15) is 22.8 Å². The van der Waals surface area contributed by atoms with Crippen LogP contribution in [0.1, 0.15) is 73.2 Å². The van der Waals surface area contributed by atoms with Gasteiger partial charge in [0.15, 0.2) is 23.3 Å². The standard InChI is InChI=1S/2C22H25N9S2.2Pt/c2*1-13-7-5-9-17(11-13)23-21(32)30-26-15(3)19-25-20(29-28-19)16(4)27-31-22(33)24-18-10-6-8-14(2)12-18;;/h2*5-12H,1-4H3,(H2,23,30,32)(H2,24,31,33)(H,25,28,29);;/q;;2*+2/p-4/b2*26-15+,27-16+;;. The second kappa shape index (κ2) is 28.3. The summed E-state index contributed by atoms with van der Waals surface area (Å²) in [6, 6.07) is 30.9. The van der Waals surface area contributed by atoms with Gasteiger partial charge in [-0.3, -0.25) is 51.9 Å². The van der Waals surface area contributed by atoms with Crippen LogP contribution in [0.15, 0.2) is 137 Å². The quantitative estimate of drug-likeness (QED) is 0.0314. The van der Waals surface area contributed by atoms with Crippen molar-refractivity contribution < 1.29 is 42.1 Å². The summed E-state index contributed by atoms with van der Waals surface area (Å²) in [5.74, 6) is 1.74. The number of hydrazone groups is 4. The number of rotatable bonds is 12. The average Bonchev–Trinajstić information content (AvgIpc) is 3.98. The molecule has 6 aromatic rings. The molecular weight excluding hydrogens is 1300 g/mol. The third kappa shape index (κ3) is 19.3. The summed E-state index contributed by atoms with van der Waals surface area (Å²) in [4.78, 5) is 26.0. The Hall–Kier alpha value is -6.02. The zero-order chi connectivity index (χ0) is 47.6. The molecule has 6 N–H and O–H groups in total. The van der Waals surface area contributed by atoms with E-state index in [0.717, 1.165) is 45.0 Å². The molecule has 0 bridgehead atoms. The number of benzene rings is 4. The number of nitrogens with zero attached hydrogens (tertiary/aromatic N) is 12. The predicted octanol–water partition coefficient (Wildman–Crippen LogP) is 7.03. The van der Waals surface area contributed by atoms with Crippen LogP contribution in [0.3, 0.4) is 0 Å². The van der Waals surface area contributed by atoms with Gasteiger partial charge in [0.2, 0.25) is 0 Å². The van der Waals surface area contributed by atoms with Crippen LogP contribution in [-0.4, -0.2) is 73.9 Å². The predicted molar refractivity (Wildman–Crippen MR) is 277 cm³/mol. The number of hydrogen-bond donors (Lipinski definition) is 6.